The molecule has 0 radical (unpaired) electrons. The van der Waals surface area contributed by atoms with Gasteiger partial charge in [0.05, 0.1) is 24.2 Å². The Labute approximate surface area is 223 Å². The molecular weight excluding hydrogens is 470 g/mol. The van der Waals surface area contributed by atoms with E-state index in [1.165, 1.54) is 0 Å². The van der Waals surface area contributed by atoms with Gasteiger partial charge >= 0.3 is 0 Å². The molecule has 0 atom stereocenters. The van der Waals surface area contributed by atoms with E-state index in [4.69, 9.17) is 4.74 Å². The summed E-state index contributed by atoms with van der Waals surface area (Å²) in [7, 11) is 0. The van der Waals surface area contributed by atoms with Gasteiger partial charge in [-0.25, -0.2) is 5.43 Å². The van der Waals surface area contributed by atoms with E-state index in [2.05, 4.69) is 57.6 Å². The van der Waals surface area contributed by atoms with Crippen molar-refractivity contribution in [1.29, 1.82) is 0 Å². The number of hydrogen-bond donors (Lipinski definition) is 1. The predicted octanol–water partition coefficient (Wildman–Crippen LogP) is 7.28. The van der Waals surface area contributed by atoms with Crippen molar-refractivity contribution in [3.8, 4) is 34.0 Å². The molecule has 1 amide bonds. The molecule has 0 aliphatic heterocycles. The highest BCUT2D eigenvalue weighted by Gasteiger charge is 2.19. The Morgan fingerprint density at radius 2 is 1.53 bits per heavy atom. The van der Waals surface area contributed by atoms with E-state index in [0.29, 0.717) is 12.2 Å². The number of carbonyl (C=O) groups is 1. The van der Waals surface area contributed by atoms with Crippen molar-refractivity contribution < 1.29 is 9.53 Å². The van der Waals surface area contributed by atoms with Gasteiger partial charge in [0, 0.05) is 16.8 Å². The van der Waals surface area contributed by atoms with Crippen molar-refractivity contribution >= 4 is 12.1 Å². The minimum absolute atomic E-state index is 0.250. The molecule has 1 aromatic heterocycles. The van der Waals surface area contributed by atoms with E-state index in [9.17, 15) is 4.79 Å². The first-order chi connectivity index (χ1) is 18.6. The lowest BCUT2D eigenvalue weighted by Gasteiger charge is -2.15. The minimum Gasteiger partial charge on any atom is -0.494 e. The number of amides is 1. The summed E-state index contributed by atoms with van der Waals surface area (Å²) in [6, 6.07) is 38.1. The molecule has 0 unspecified atom stereocenters. The van der Waals surface area contributed by atoms with E-state index >= 15 is 0 Å². The predicted molar refractivity (Wildman–Crippen MR) is 154 cm³/mol. The standard InChI is InChI=1S/C33H29N3O2/c1-3-38-30-19-17-29(18-20-30)36-31(25-12-6-4-7-13-25)22-28(32(36)26-14-8-5-9-15-26)23-34-35-33(37)27-16-10-11-24(2)21-27/h4-23H,3H2,1-2H3,(H,35,37)/b34-23-. The fraction of sp³-hybridized carbons (Fsp3) is 0.0909. The molecule has 0 aliphatic carbocycles. The molecule has 1 heterocycles. The fourth-order valence-corrected chi connectivity index (χ4v) is 4.48. The number of rotatable bonds is 8. The zero-order valence-electron chi connectivity index (χ0n) is 21.5. The molecule has 0 spiro atoms. The number of carbonyl (C=O) groups excluding carboxylic acids is 1. The molecule has 4 aromatic carbocycles. The van der Waals surface area contributed by atoms with Gasteiger partial charge in [0.25, 0.3) is 5.91 Å². The van der Waals surface area contributed by atoms with E-state index in [0.717, 1.165) is 45.1 Å². The number of benzene rings is 4. The number of hydrazone groups is 1. The fourth-order valence-electron chi connectivity index (χ4n) is 4.48. The van der Waals surface area contributed by atoms with Crippen LogP contribution in [0.15, 0.2) is 120 Å². The zero-order valence-corrected chi connectivity index (χ0v) is 21.5. The molecule has 5 heteroatoms. The number of nitrogens with zero attached hydrogens (tertiary/aromatic N) is 2. The van der Waals surface area contributed by atoms with Crippen molar-refractivity contribution in [2.45, 2.75) is 13.8 Å². The molecule has 0 bridgehead atoms. The smallest absolute Gasteiger partial charge is 0.271 e. The van der Waals surface area contributed by atoms with Crippen molar-refractivity contribution in [2.24, 2.45) is 5.10 Å². The van der Waals surface area contributed by atoms with Gasteiger partial charge < -0.3 is 9.30 Å². The van der Waals surface area contributed by atoms with Crippen LogP contribution in [0.2, 0.25) is 0 Å². The Balaban J connectivity index is 1.62. The van der Waals surface area contributed by atoms with Crippen LogP contribution in [0.3, 0.4) is 0 Å². The quantitative estimate of drug-likeness (QED) is 0.180. The second kappa shape index (κ2) is 11.4. The zero-order chi connectivity index (χ0) is 26.3. The van der Waals surface area contributed by atoms with Crippen LogP contribution in [0, 0.1) is 6.92 Å². The van der Waals surface area contributed by atoms with E-state index < -0.39 is 0 Å². The third-order valence-corrected chi connectivity index (χ3v) is 6.20. The highest BCUT2D eigenvalue weighted by molar-refractivity contribution is 5.97. The molecular formula is C33H29N3O2. The first-order valence-electron chi connectivity index (χ1n) is 12.6. The van der Waals surface area contributed by atoms with Gasteiger partial charge in [0.1, 0.15) is 5.75 Å². The van der Waals surface area contributed by atoms with Gasteiger partial charge in [0.15, 0.2) is 0 Å². The Morgan fingerprint density at radius 1 is 0.842 bits per heavy atom. The summed E-state index contributed by atoms with van der Waals surface area (Å²) >= 11 is 0. The lowest BCUT2D eigenvalue weighted by atomic mass is 10.1. The highest BCUT2D eigenvalue weighted by atomic mass is 16.5. The number of nitrogens with one attached hydrogen (secondary N) is 1. The summed E-state index contributed by atoms with van der Waals surface area (Å²) in [6.07, 6.45) is 1.72. The number of hydrogen-bond acceptors (Lipinski definition) is 3. The first kappa shape index (κ1) is 24.8. The van der Waals surface area contributed by atoms with Crippen LogP contribution in [0.25, 0.3) is 28.2 Å². The summed E-state index contributed by atoms with van der Waals surface area (Å²) in [5, 5.41) is 4.36. The van der Waals surface area contributed by atoms with Crippen molar-refractivity contribution in [3.63, 3.8) is 0 Å². The van der Waals surface area contributed by atoms with Crippen LogP contribution in [0.1, 0.15) is 28.4 Å². The maximum absolute atomic E-state index is 12.7. The second-order valence-corrected chi connectivity index (χ2v) is 8.90. The van der Waals surface area contributed by atoms with Crippen LogP contribution in [0.4, 0.5) is 0 Å². The molecule has 188 valence electrons. The third kappa shape index (κ3) is 5.42. The van der Waals surface area contributed by atoms with Crippen LogP contribution >= 0.6 is 0 Å². The lowest BCUT2D eigenvalue weighted by molar-refractivity contribution is 0.0955. The van der Waals surface area contributed by atoms with Gasteiger partial charge in [0.2, 0.25) is 0 Å². The molecule has 0 aliphatic rings. The van der Waals surface area contributed by atoms with Gasteiger partial charge in [-0.15, -0.1) is 0 Å². The largest absolute Gasteiger partial charge is 0.494 e. The molecule has 5 nitrogen and oxygen atoms in total. The molecule has 0 fully saturated rings. The Hall–Kier alpha value is -4.90. The van der Waals surface area contributed by atoms with Gasteiger partial charge in [-0.05, 0) is 67.4 Å². The first-order valence-corrected chi connectivity index (χ1v) is 12.6. The monoisotopic (exact) mass is 499 g/mol. The summed E-state index contributed by atoms with van der Waals surface area (Å²) in [6.45, 7) is 4.55. The Morgan fingerprint density at radius 3 is 2.18 bits per heavy atom. The van der Waals surface area contributed by atoms with Gasteiger partial charge in [-0.3, -0.25) is 4.79 Å². The summed E-state index contributed by atoms with van der Waals surface area (Å²) in [5.41, 5.74) is 10.3. The maximum atomic E-state index is 12.7. The maximum Gasteiger partial charge on any atom is 0.271 e. The average Bonchev–Trinajstić information content (AvgIpc) is 3.34. The van der Waals surface area contributed by atoms with Crippen LogP contribution in [0.5, 0.6) is 5.75 Å². The summed E-state index contributed by atoms with van der Waals surface area (Å²) in [5.74, 6) is 0.576. The molecule has 1 N–H and O–H groups in total. The Bertz CT molecular complexity index is 1550. The van der Waals surface area contributed by atoms with Crippen molar-refractivity contribution in [3.05, 3.63) is 132 Å². The number of ether oxygens (including phenoxy) is 1. The molecule has 5 rings (SSSR count). The van der Waals surface area contributed by atoms with Crippen LogP contribution in [-0.2, 0) is 0 Å². The van der Waals surface area contributed by atoms with Crippen LogP contribution < -0.4 is 10.2 Å². The highest BCUT2D eigenvalue weighted by Crippen LogP contribution is 2.35. The van der Waals surface area contributed by atoms with Gasteiger partial charge in [-0.2, -0.15) is 5.10 Å². The van der Waals surface area contributed by atoms with E-state index in [-0.39, 0.29) is 5.91 Å². The van der Waals surface area contributed by atoms with E-state index in [1.54, 1.807) is 12.3 Å². The van der Waals surface area contributed by atoms with E-state index in [1.807, 2.05) is 80.6 Å². The second-order valence-electron chi connectivity index (χ2n) is 8.90. The molecule has 5 aromatic rings. The normalized spacial score (nSPS) is 11.0. The average molecular weight is 500 g/mol. The van der Waals surface area contributed by atoms with Crippen molar-refractivity contribution in [2.75, 3.05) is 6.61 Å². The molecule has 0 saturated heterocycles. The third-order valence-electron chi connectivity index (χ3n) is 6.20. The Kier molecular flexibility index (Phi) is 7.46. The summed E-state index contributed by atoms with van der Waals surface area (Å²) < 4.78 is 7.91. The SMILES string of the molecule is CCOc1ccc(-n2c(-c3ccccc3)cc(/C=N\NC(=O)c3cccc(C)c3)c2-c2ccccc2)cc1. The topological polar surface area (TPSA) is 55.6 Å². The lowest BCUT2D eigenvalue weighted by Crippen LogP contribution is -2.17. The number of aryl methyl sites for hydroxylation is 1. The van der Waals surface area contributed by atoms with Gasteiger partial charge in [-0.1, -0.05) is 78.4 Å². The van der Waals surface area contributed by atoms with Crippen LogP contribution in [-0.4, -0.2) is 23.3 Å². The van der Waals surface area contributed by atoms with Crippen molar-refractivity contribution in [1.82, 2.24) is 9.99 Å². The minimum atomic E-state index is -0.250. The molecule has 38 heavy (non-hydrogen) atoms. The summed E-state index contributed by atoms with van der Waals surface area (Å²) in [4.78, 5) is 12.7. The molecule has 0 saturated carbocycles. The number of aromatic nitrogens is 1.